The molecule has 1 aromatic heterocycles. The van der Waals surface area contributed by atoms with Gasteiger partial charge in [0.25, 0.3) is 5.89 Å². The van der Waals surface area contributed by atoms with Crippen LogP contribution in [0.15, 0.2) is 53.1 Å². The number of nitrogens with zero attached hydrogens (tertiary/aromatic N) is 2. The second kappa shape index (κ2) is 6.94. The maximum absolute atomic E-state index is 11.2. The number of rotatable bonds is 6. The Morgan fingerprint density at radius 2 is 1.76 bits per heavy atom. The smallest absolute Gasteiger partial charge is 0.257 e. The van der Waals surface area contributed by atoms with Gasteiger partial charge in [0.05, 0.1) is 13.4 Å². The van der Waals surface area contributed by atoms with Gasteiger partial charge in [-0.15, -0.1) is 0 Å². The van der Waals surface area contributed by atoms with Gasteiger partial charge >= 0.3 is 0 Å². The predicted octanol–water partition coefficient (Wildman–Crippen LogP) is 2.71. The summed E-state index contributed by atoms with van der Waals surface area (Å²) in [6.07, 6.45) is 1.64. The maximum Gasteiger partial charge on any atom is 0.257 e. The standard InChI is InChI=1S/C17H17N3O4S/c1-23-15-9-3-12(4-10-15)11-16-18-17(24-19-16)13-5-7-14(8-6-13)20-25(2,21)22/h3-10,20H,11H2,1-2H3. The van der Waals surface area contributed by atoms with Crippen LogP contribution in [0.3, 0.4) is 0 Å². The van der Waals surface area contributed by atoms with Gasteiger partial charge in [-0.05, 0) is 42.0 Å². The molecule has 0 saturated carbocycles. The van der Waals surface area contributed by atoms with Crippen molar-refractivity contribution in [3.8, 4) is 17.2 Å². The highest BCUT2D eigenvalue weighted by molar-refractivity contribution is 7.92. The first-order chi connectivity index (χ1) is 11.9. The Morgan fingerprint density at radius 3 is 2.36 bits per heavy atom. The fraction of sp³-hybridized carbons (Fsp3) is 0.176. The zero-order valence-electron chi connectivity index (χ0n) is 13.8. The number of methoxy groups -OCH3 is 1. The lowest BCUT2D eigenvalue weighted by atomic mass is 10.1. The van der Waals surface area contributed by atoms with Crippen LogP contribution in [0.4, 0.5) is 5.69 Å². The summed E-state index contributed by atoms with van der Waals surface area (Å²) >= 11 is 0. The molecule has 0 spiro atoms. The van der Waals surface area contributed by atoms with Crippen molar-refractivity contribution >= 4 is 15.7 Å². The highest BCUT2D eigenvalue weighted by Crippen LogP contribution is 2.21. The SMILES string of the molecule is COc1ccc(Cc2noc(-c3ccc(NS(C)(=O)=O)cc3)n2)cc1. The summed E-state index contributed by atoms with van der Waals surface area (Å²) in [4.78, 5) is 4.37. The first-order valence-corrected chi connectivity index (χ1v) is 9.36. The average molecular weight is 359 g/mol. The van der Waals surface area contributed by atoms with E-state index in [0.29, 0.717) is 29.4 Å². The molecule has 0 unspecified atom stereocenters. The Kier molecular flexibility index (Phi) is 4.71. The third-order valence-electron chi connectivity index (χ3n) is 3.42. The number of nitrogens with one attached hydrogen (secondary N) is 1. The molecule has 25 heavy (non-hydrogen) atoms. The van der Waals surface area contributed by atoms with Crippen LogP contribution in [-0.2, 0) is 16.4 Å². The van der Waals surface area contributed by atoms with Gasteiger partial charge in [0.2, 0.25) is 10.0 Å². The van der Waals surface area contributed by atoms with Crippen molar-refractivity contribution in [2.24, 2.45) is 0 Å². The molecule has 0 amide bonds. The van der Waals surface area contributed by atoms with E-state index in [0.717, 1.165) is 17.6 Å². The van der Waals surface area contributed by atoms with E-state index in [1.54, 1.807) is 31.4 Å². The molecular weight excluding hydrogens is 342 g/mol. The van der Waals surface area contributed by atoms with Crippen LogP contribution in [0.25, 0.3) is 11.5 Å². The van der Waals surface area contributed by atoms with E-state index in [-0.39, 0.29) is 0 Å². The zero-order chi connectivity index (χ0) is 17.9. The van der Waals surface area contributed by atoms with E-state index in [2.05, 4.69) is 14.9 Å². The van der Waals surface area contributed by atoms with Gasteiger partial charge < -0.3 is 9.26 Å². The monoisotopic (exact) mass is 359 g/mol. The number of hydrogen-bond acceptors (Lipinski definition) is 6. The van der Waals surface area contributed by atoms with Crippen LogP contribution in [0, 0.1) is 0 Å². The van der Waals surface area contributed by atoms with Gasteiger partial charge in [-0.1, -0.05) is 17.3 Å². The van der Waals surface area contributed by atoms with Crippen LogP contribution in [0.5, 0.6) is 5.75 Å². The summed E-state index contributed by atoms with van der Waals surface area (Å²) in [7, 11) is -1.68. The molecule has 8 heteroatoms. The van der Waals surface area contributed by atoms with E-state index in [1.165, 1.54) is 0 Å². The quantitative estimate of drug-likeness (QED) is 0.727. The van der Waals surface area contributed by atoms with Crippen LogP contribution in [0.2, 0.25) is 0 Å². The first kappa shape index (κ1) is 17.0. The minimum atomic E-state index is -3.30. The van der Waals surface area contributed by atoms with Gasteiger partial charge in [-0.2, -0.15) is 4.98 Å². The van der Waals surface area contributed by atoms with E-state index < -0.39 is 10.0 Å². The molecule has 2 aromatic carbocycles. The Labute approximate surface area is 145 Å². The molecule has 0 saturated heterocycles. The predicted molar refractivity (Wildman–Crippen MR) is 94.0 cm³/mol. The van der Waals surface area contributed by atoms with Gasteiger partial charge in [-0.3, -0.25) is 4.72 Å². The molecule has 0 aliphatic carbocycles. The number of aromatic nitrogens is 2. The lowest BCUT2D eigenvalue weighted by Crippen LogP contribution is -2.09. The molecule has 3 rings (SSSR count). The minimum Gasteiger partial charge on any atom is -0.497 e. The third-order valence-corrected chi connectivity index (χ3v) is 4.03. The Balaban J connectivity index is 1.72. The van der Waals surface area contributed by atoms with Gasteiger partial charge in [0, 0.05) is 17.7 Å². The Morgan fingerprint density at radius 1 is 1.08 bits per heavy atom. The maximum atomic E-state index is 11.2. The van der Waals surface area contributed by atoms with Gasteiger partial charge in [-0.25, -0.2) is 8.42 Å². The van der Waals surface area contributed by atoms with E-state index in [1.807, 2.05) is 24.3 Å². The van der Waals surface area contributed by atoms with Crippen molar-refractivity contribution in [1.29, 1.82) is 0 Å². The lowest BCUT2D eigenvalue weighted by molar-refractivity contribution is 0.414. The highest BCUT2D eigenvalue weighted by Gasteiger charge is 2.10. The van der Waals surface area contributed by atoms with Crippen LogP contribution in [0.1, 0.15) is 11.4 Å². The highest BCUT2D eigenvalue weighted by atomic mass is 32.2. The average Bonchev–Trinajstić information content (AvgIpc) is 3.03. The van der Waals surface area contributed by atoms with Crippen LogP contribution in [-0.4, -0.2) is 31.9 Å². The molecular formula is C17H17N3O4S. The van der Waals surface area contributed by atoms with Crippen LogP contribution < -0.4 is 9.46 Å². The summed E-state index contributed by atoms with van der Waals surface area (Å²) in [5.41, 5.74) is 2.23. The second-order valence-electron chi connectivity index (χ2n) is 5.49. The minimum absolute atomic E-state index is 0.384. The fourth-order valence-corrected chi connectivity index (χ4v) is 2.83. The number of sulfonamides is 1. The van der Waals surface area contributed by atoms with Crippen molar-refractivity contribution in [3.05, 3.63) is 59.9 Å². The molecule has 130 valence electrons. The fourth-order valence-electron chi connectivity index (χ4n) is 2.26. The Hall–Kier alpha value is -2.87. The first-order valence-electron chi connectivity index (χ1n) is 7.47. The number of anilines is 1. The zero-order valence-corrected chi connectivity index (χ0v) is 14.6. The van der Waals surface area contributed by atoms with Crippen molar-refractivity contribution in [1.82, 2.24) is 10.1 Å². The molecule has 0 radical (unpaired) electrons. The number of benzene rings is 2. The van der Waals surface area contributed by atoms with Crippen molar-refractivity contribution in [2.75, 3.05) is 18.1 Å². The second-order valence-corrected chi connectivity index (χ2v) is 7.24. The summed E-state index contributed by atoms with van der Waals surface area (Å²) in [6, 6.07) is 14.4. The summed E-state index contributed by atoms with van der Waals surface area (Å²) in [6.45, 7) is 0. The molecule has 0 aliphatic rings. The van der Waals surface area contributed by atoms with Crippen molar-refractivity contribution in [2.45, 2.75) is 6.42 Å². The number of ether oxygens (including phenoxy) is 1. The summed E-state index contributed by atoms with van der Waals surface area (Å²) in [5, 5.41) is 3.98. The summed E-state index contributed by atoms with van der Waals surface area (Å²) in [5.74, 6) is 1.74. The number of hydrogen-bond donors (Lipinski definition) is 1. The summed E-state index contributed by atoms with van der Waals surface area (Å²) < 4.78 is 35.2. The van der Waals surface area contributed by atoms with E-state index in [4.69, 9.17) is 9.26 Å². The van der Waals surface area contributed by atoms with Crippen molar-refractivity contribution in [3.63, 3.8) is 0 Å². The largest absolute Gasteiger partial charge is 0.497 e. The molecule has 7 nitrogen and oxygen atoms in total. The molecule has 0 bridgehead atoms. The van der Waals surface area contributed by atoms with Gasteiger partial charge in [0.15, 0.2) is 5.82 Å². The van der Waals surface area contributed by atoms with Crippen molar-refractivity contribution < 1.29 is 17.7 Å². The molecule has 3 aromatic rings. The third kappa shape index (κ3) is 4.57. The molecule has 0 fully saturated rings. The van der Waals surface area contributed by atoms with E-state index in [9.17, 15) is 8.42 Å². The molecule has 1 heterocycles. The molecule has 0 atom stereocenters. The Bertz CT molecular complexity index is 948. The molecule has 0 aliphatic heterocycles. The topological polar surface area (TPSA) is 94.3 Å². The van der Waals surface area contributed by atoms with Crippen LogP contribution >= 0.6 is 0 Å². The lowest BCUT2D eigenvalue weighted by Gasteiger charge is -2.03. The van der Waals surface area contributed by atoms with E-state index >= 15 is 0 Å². The normalized spacial score (nSPS) is 11.3. The molecule has 1 N–H and O–H groups in total. The van der Waals surface area contributed by atoms with Gasteiger partial charge in [0.1, 0.15) is 5.75 Å².